The monoisotopic (exact) mass is 228 g/mol. The molecule has 0 aliphatic carbocycles. The molecule has 1 fully saturated rings. The van der Waals surface area contributed by atoms with E-state index in [9.17, 15) is 0 Å². The molecule has 3 nitrogen and oxygen atoms in total. The fraction of sp³-hybridized carbons (Fsp3) is 1.00. The number of nitrogens with zero attached hydrogens (tertiary/aromatic N) is 1. The van der Waals surface area contributed by atoms with E-state index in [4.69, 9.17) is 4.74 Å². The highest BCUT2D eigenvalue weighted by Crippen LogP contribution is 2.11. The zero-order chi connectivity index (χ0) is 12.0. The van der Waals surface area contributed by atoms with Gasteiger partial charge in [-0.3, -0.25) is 4.90 Å². The molecule has 0 radical (unpaired) electrons. The first-order chi connectivity index (χ1) is 7.67. The predicted octanol–water partition coefficient (Wildman–Crippen LogP) is 1.87. The summed E-state index contributed by atoms with van der Waals surface area (Å²) in [7, 11) is 1.79. The van der Waals surface area contributed by atoms with Crippen molar-refractivity contribution >= 4 is 0 Å². The molecule has 0 amide bonds. The second-order valence-electron chi connectivity index (χ2n) is 5.09. The fourth-order valence-corrected chi connectivity index (χ4v) is 2.47. The zero-order valence-corrected chi connectivity index (χ0v) is 11.3. The average molecular weight is 228 g/mol. The molecule has 0 aromatic rings. The van der Waals surface area contributed by atoms with Gasteiger partial charge in [0.2, 0.25) is 0 Å². The minimum absolute atomic E-state index is 0.549. The minimum Gasteiger partial charge on any atom is -0.383 e. The molecule has 96 valence electrons. The molecular weight excluding hydrogens is 200 g/mol. The van der Waals surface area contributed by atoms with E-state index >= 15 is 0 Å². The number of methoxy groups -OCH3 is 1. The van der Waals surface area contributed by atoms with Gasteiger partial charge in [-0.25, -0.2) is 0 Å². The largest absolute Gasteiger partial charge is 0.383 e. The standard InChI is InChI=1S/C13H28N2O/c1-5-13-7-9-15(12(3)10-16-4)8-6-11(2)14-13/h11-14H,5-10H2,1-4H3. The Morgan fingerprint density at radius 2 is 2.06 bits per heavy atom. The Balaban J connectivity index is 2.46. The molecule has 3 atom stereocenters. The Morgan fingerprint density at radius 1 is 1.38 bits per heavy atom. The van der Waals surface area contributed by atoms with Gasteiger partial charge < -0.3 is 10.1 Å². The number of hydrogen-bond acceptors (Lipinski definition) is 3. The fourth-order valence-electron chi connectivity index (χ4n) is 2.47. The van der Waals surface area contributed by atoms with Crippen LogP contribution in [0.25, 0.3) is 0 Å². The summed E-state index contributed by atoms with van der Waals surface area (Å²) in [6.07, 6.45) is 3.73. The van der Waals surface area contributed by atoms with Crippen LogP contribution in [-0.4, -0.2) is 49.8 Å². The van der Waals surface area contributed by atoms with Crippen molar-refractivity contribution in [1.82, 2.24) is 10.2 Å². The first-order valence-corrected chi connectivity index (χ1v) is 6.66. The van der Waals surface area contributed by atoms with Crippen LogP contribution in [0.1, 0.15) is 40.0 Å². The van der Waals surface area contributed by atoms with Crippen molar-refractivity contribution in [3.05, 3.63) is 0 Å². The lowest BCUT2D eigenvalue weighted by atomic mass is 10.0. The second-order valence-corrected chi connectivity index (χ2v) is 5.09. The minimum atomic E-state index is 0.549. The summed E-state index contributed by atoms with van der Waals surface area (Å²) in [5, 5.41) is 3.70. The smallest absolute Gasteiger partial charge is 0.0615 e. The van der Waals surface area contributed by atoms with Gasteiger partial charge in [-0.1, -0.05) is 6.92 Å². The second kappa shape index (κ2) is 7.25. The molecular formula is C13H28N2O. The summed E-state index contributed by atoms with van der Waals surface area (Å²) >= 11 is 0. The van der Waals surface area contributed by atoms with E-state index in [1.165, 1.54) is 32.4 Å². The Labute approximate surface area is 101 Å². The molecule has 16 heavy (non-hydrogen) atoms. The Bertz CT molecular complexity index is 187. The number of hydrogen-bond donors (Lipinski definition) is 1. The average Bonchev–Trinajstić information content (AvgIpc) is 2.24. The van der Waals surface area contributed by atoms with Crippen LogP contribution >= 0.6 is 0 Å². The maximum Gasteiger partial charge on any atom is 0.0615 e. The quantitative estimate of drug-likeness (QED) is 0.795. The normalized spacial score (nSPS) is 30.8. The van der Waals surface area contributed by atoms with Crippen molar-refractivity contribution in [1.29, 1.82) is 0 Å². The Kier molecular flexibility index (Phi) is 6.32. The predicted molar refractivity (Wildman–Crippen MR) is 68.8 cm³/mol. The summed E-state index contributed by atoms with van der Waals surface area (Å²) in [4.78, 5) is 2.57. The van der Waals surface area contributed by atoms with Crippen LogP contribution in [0.3, 0.4) is 0 Å². The summed E-state index contributed by atoms with van der Waals surface area (Å²) in [6.45, 7) is 10.1. The van der Waals surface area contributed by atoms with Crippen molar-refractivity contribution in [3.8, 4) is 0 Å². The van der Waals surface area contributed by atoms with Gasteiger partial charge in [0.15, 0.2) is 0 Å². The maximum absolute atomic E-state index is 5.25. The Morgan fingerprint density at radius 3 is 2.69 bits per heavy atom. The molecule has 3 unspecified atom stereocenters. The van der Waals surface area contributed by atoms with E-state index in [-0.39, 0.29) is 0 Å². The molecule has 1 saturated heterocycles. The highest BCUT2D eigenvalue weighted by Gasteiger charge is 2.20. The molecule has 1 aliphatic heterocycles. The first-order valence-electron chi connectivity index (χ1n) is 6.66. The lowest BCUT2D eigenvalue weighted by molar-refractivity contribution is 0.0870. The van der Waals surface area contributed by atoms with Gasteiger partial charge in [0.1, 0.15) is 0 Å². The van der Waals surface area contributed by atoms with Crippen LogP contribution in [0.15, 0.2) is 0 Å². The molecule has 1 rings (SSSR count). The van der Waals surface area contributed by atoms with Crippen LogP contribution in [0.2, 0.25) is 0 Å². The van der Waals surface area contributed by atoms with E-state index in [1.807, 2.05) is 0 Å². The van der Waals surface area contributed by atoms with Gasteiger partial charge in [-0.05, 0) is 46.2 Å². The zero-order valence-electron chi connectivity index (χ0n) is 11.3. The number of ether oxygens (including phenoxy) is 1. The molecule has 0 aromatic carbocycles. The van der Waals surface area contributed by atoms with E-state index in [0.717, 1.165) is 6.61 Å². The molecule has 3 heteroatoms. The maximum atomic E-state index is 5.25. The van der Waals surface area contributed by atoms with Crippen molar-refractivity contribution < 1.29 is 4.74 Å². The van der Waals surface area contributed by atoms with E-state index < -0.39 is 0 Å². The van der Waals surface area contributed by atoms with Gasteiger partial charge in [0.05, 0.1) is 6.61 Å². The van der Waals surface area contributed by atoms with Crippen molar-refractivity contribution in [2.24, 2.45) is 0 Å². The van der Waals surface area contributed by atoms with Crippen LogP contribution in [-0.2, 0) is 4.74 Å². The lowest BCUT2D eigenvalue weighted by Gasteiger charge is -2.35. The molecule has 0 aromatic heterocycles. The summed E-state index contributed by atoms with van der Waals surface area (Å²) in [5.74, 6) is 0. The molecule has 0 spiro atoms. The van der Waals surface area contributed by atoms with Crippen molar-refractivity contribution in [2.45, 2.75) is 58.2 Å². The third-order valence-electron chi connectivity index (χ3n) is 3.66. The van der Waals surface area contributed by atoms with Crippen molar-refractivity contribution in [2.75, 3.05) is 26.8 Å². The van der Waals surface area contributed by atoms with Gasteiger partial charge in [0.25, 0.3) is 0 Å². The van der Waals surface area contributed by atoms with Gasteiger partial charge >= 0.3 is 0 Å². The van der Waals surface area contributed by atoms with Gasteiger partial charge in [-0.15, -0.1) is 0 Å². The summed E-state index contributed by atoms with van der Waals surface area (Å²) < 4.78 is 5.25. The van der Waals surface area contributed by atoms with Crippen LogP contribution in [0, 0.1) is 0 Å². The topological polar surface area (TPSA) is 24.5 Å². The van der Waals surface area contributed by atoms with Gasteiger partial charge in [-0.2, -0.15) is 0 Å². The summed E-state index contributed by atoms with van der Waals surface area (Å²) in [6, 6.07) is 1.88. The molecule has 0 bridgehead atoms. The highest BCUT2D eigenvalue weighted by atomic mass is 16.5. The number of rotatable bonds is 4. The third kappa shape index (κ3) is 4.40. The highest BCUT2D eigenvalue weighted by molar-refractivity contribution is 4.79. The summed E-state index contributed by atoms with van der Waals surface area (Å²) in [5.41, 5.74) is 0. The lowest BCUT2D eigenvalue weighted by Crippen LogP contribution is -2.47. The Hall–Kier alpha value is -0.120. The first kappa shape index (κ1) is 13.9. The van der Waals surface area contributed by atoms with E-state index in [2.05, 4.69) is 31.0 Å². The molecule has 1 heterocycles. The third-order valence-corrected chi connectivity index (χ3v) is 3.66. The molecule has 1 N–H and O–H groups in total. The van der Waals surface area contributed by atoms with Crippen LogP contribution in [0.4, 0.5) is 0 Å². The molecule has 1 aliphatic rings. The van der Waals surface area contributed by atoms with Gasteiger partial charge in [0, 0.05) is 25.2 Å². The van der Waals surface area contributed by atoms with Crippen LogP contribution < -0.4 is 5.32 Å². The van der Waals surface area contributed by atoms with Crippen molar-refractivity contribution in [3.63, 3.8) is 0 Å². The van der Waals surface area contributed by atoms with E-state index in [0.29, 0.717) is 18.1 Å². The number of nitrogens with one attached hydrogen (secondary N) is 1. The van der Waals surface area contributed by atoms with E-state index in [1.54, 1.807) is 7.11 Å². The SMILES string of the molecule is CCC1CCN(C(C)COC)CCC(C)N1. The van der Waals surface area contributed by atoms with Crippen LogP contribution in [0.5, 0.6) is 0 Å². The molecule has 0 saturated carbocycles.